The Morgan fingerprint density at radius 3 is 2.43 bits per heavy atom. The van der Waals surface area contributed by atoms with Gasteiger partial charge in [0.05, 0.1) is 0 Å². The lowest BCUT2D eigenvalue weighted by Crippen LogP contribution is -2.49. The minimum absolute atomic E-state index is 0.0294. The number of amides is 2. The number of hydrogen-bond acceptors (Lipinski definition) is 2. The molecule has 0 aromatic rings. The lowest BCUT2D eigenvalue weighted by molar-refractivity contribution is -0.226. The second-order valence-corrected chi connectivity index (χ2v) is 6.12. The number of carboxylic acid groups (broad SMARTS) is 1. The van der Waals surface area contributed by atoms with E-state index in [1.54, 1.807) is 0 Å². The number of alkyl halides is 3. The van der Waals surface area contributed by atoms with Crippen LogP contribution in [0.15, 0.2) is 0 Å². The van der Waals surface area contributed by atoms with Crippen LogP contribution in [0.3, 0.4) is 0 Å². The fourth-order valence-electron chi connectivity index (χ4n) is 3.11. The molecule has 0 spiro atoms. The number of hydrogen-bond donors (Lipinski definition) is 2. The van der Waals surface area contributed by atoms with Crippen LogP contribution in [0.2, 0.25) is 0 Å². The van der Waals surface area contributed by atoms with Crippen molar-refractivity contribution in [3.63, 3.8) is 0 Å². The highest BCUT2D eigenvalue weighted by atomic mass is 19.4. The van der Waals surface area contributed by atoms with E-state index < -0.39 is 36.6 Å². The number of likely N-dealkylation sites (tertiary alicyclic amines) is 1. The number of carbonyl (C=O) groups excluding carboxylic acids is 1. The summed E-state index contributed by atoms with van der Waals surface area (Å²) in [6.45, 7) is 1.04. The minimum atomic E-state index is -4.87. The predicted molar refractivity (Wildman–Crippen MR) is 67.6 cm³/mol. The second-order valence-electron chi connectivity index (χ2n) is 6.12. The molecule has 2 rings (SSSR count). The SMILES string of the molecule is CC1CCC(NC(=O)N2CCC(C(=O)O)(C(F)(F)F)C2)C1. The van der Waals surface area contributed by atoms with E-state index in [4.69, 9.17) is 5.11 Å². The molecule has 0 radical (unpaired) electrons. The van der Waals surface area contributed by atoms with E-state index in [-0.39, 0.29) is 12.6 Å². The molecule has 1 saturated carbocycles. The van der Waals surface area contributed by atoms with E-state index in [9.17, 15) is 22.8 Å². The summed E-state index contributed by atoms with van der Waals surface area (Å²) >= 11 is 0. The molecule has 1 aliphatic carbocycles. The highest BCUT2D eigenvalue weighted by molar-refractivity contribution is 5.80. The highest BCUT2D eigenvalue weighted by Crippen LogP contribution is 2.45. The van der Waals surface area contributed by atoms with Gasteiger partial charge in [0, 0.05) is 19.1 Å². The molecule has 0 aromatic heterocycles. The molecule has 2 fully saturated rings. The molecule has 21 heavy (non-hydrogen) atoms. The molecule has 8 heteroatoms. The molecular formula is C13H19F3N2O3. The van der Waals surface area contributed by atoms with Crippen molar-refractivity contribution in [1.82, 2.24) is 10.2 Å². The largest absolute Gasteiger partial charge is 0.481 e. The smallest absolute Gasteiger partial charge is 0.406 e. The van der Waals surface area contributed by atoms with E-state index in [1.807, 2.05) is 0 Å². The molecule has 5 nitrogen and oxygen atoms in total. The first-order valence-corrected chi connectivity index (χ1v) is 7.01. The monoisotopic (exact) mass is 308 g/mol. The summed E-state index contributed by atoms with van der Waals surface area (Å²) in [4.78, 5) is 24.0. The van der Waals surface area contributed by atoms with Crippen LogP contribution in [0.1, 0.15) is 32.6 Å². The Bertz CT molecular complexity index is 441. The van der Waals surface area contributed by atoms with Crippen LogP contribution in [0.4, 0.5) is 18.0 Å². The Balaban J connectivity index is 2.00. The third-order valence-electron chi connectivity index (χ3n) is 4.53. The fourth-order valence-corrected chi connectivity index (χ4v) is 3.11. The normalized spacial score (nSPS) is 33.2. The van der Waals surface area contributed by atoms with Gasteiger partial charge in [0.25, 0.3) is 0 Å². The third kappa shape index (κ3) is 2.94. The number of urea groups is 1. The van der Waals surface area contributed by atoms with Crippen molar-refractivity contribution in [3.05, 3.63) is 0 Å². The molecule has 1 heterocycles. The van der Waals surface area contributed by atoms with Crippen LogP contribution in [-0.2, 0) is 4.79 Å². The summed E-state index contributed by atoms with van der Waals surface area (Å²) in [5, 5.41) is 11.6. The molecule has 3 unspecified atom stereocenters. The van der Waals surface area contributed by atoms with E-state index in [2.05, 4.69) is 12.2 Å². The zero-order chi connectivity index (χ0) is 15.8. The lowest BCUT2D eigenvalue weighted by Gasteiger charge is -2.27. The third-order valence-corrected chi connectivity index (χ3v) is 4.53. The summed E-state index contributed by atoms with van der Waals surface area (Å²) in [7, 11) is 0. The van der Waals surface area contributed by atoms with Crippen molar-refractivity contribution in [2.24, 2.45) is 11.3 Å². The Morgan fingerprint density at radius 1 is 1.33 bits per heavy atom. The standard InChI is InChI=1S/C13H19F3N2O3/c1-8-2-3-9(6-8)17-11(21)18-5-4-12(7-18,10(19)20)13(14,15)16/h8-9H,2-7H2,1H3,(H,17,21)(H,19,20). The van der Waals surface area contributed by atoms with Gasteiger partial charge in [0.2, 0.25) is 0 Å². The van der Waals surface area contributed by atoms with E-state index in [1.165, 1.54) is 0 Å². The van der Waals surface area contributed by atoms with Crippen LogP contribution in [0.5, 0.6) is 0 Å². The fraction of sp³-hybridized carbons (Fsp3) is 0.846. The van der Waals surface area contributed by atoms with Gasteiger partial charge >= 0.3 is 18.2 Å². The van der Waals surface area contributed by atoms with Crippen LogP contribution >= 0.6 is 0 Å². The van der Waals surface area contributed by atoms with Crippen LogP contribution in [0, 0.1) is 11.3 Å². The molecule has 2 amide bonds. The van der Waals surface area contributed by atoms with Crippen LogP contribution in [-0.4, -0.2) is 47.3 Å². The van der Waals surface area contributed by atoms with Gasteiger partial charge in [-0.2, -0.15) is 13.2 Å². The van der Waals surface area contributed by atoms with E-state index in [0.29, 0.717) is 5.92 Å². The maximum absolute atomic E-state index is 13.0. The number of nitrogens with one attached hydrogen (secondary N) is 1. The zero-order valence-electron chi connectivity index (χ0n) is 11.7. The van der Waals surface area contributed by atoms with Gasteiger partial charge in [-0.15, -0.1) is 0 Å². The topological polar surface area (TPSA) is 69.6 Å². The maximum atomic E-state index is 13.0. The molecule has 0 aromatic carbocycles. The predicted octanol–water partition coefficient (Wildman–Crippen LogP) is 2.22. The second kappa shape index (κ2) is 5.38. The average molecular weight is 308 g/mol. The van der Waals surface area contributed by atoms with Gasteiger partial charge in [0.15, 0.2) is 5.41 Å². The molecule has 2 N–H and O–H groups in total. The first kappa shape index (κ1) is 15.9. The Hall–Kier alpha value is -1.47. The number of carbonyl (C=O) groups is 2. The molecule has 120 valence electrons. The summed E-state index contributed by atoms with van der Waals surface area (Å²) in [6.07, 6.45) is -2.87. The number of nitrogens with zero attached hydrogens (tertiary/aromatic N) is 1. The first-order chi connectivity index (χ1) is 9.65. The lowest BCUT2D eigenvalue weighted by atomic mass is 9.86. The van der Waals surface area contributed by atoms with Crippen molar-refractivity contribution in [2.75, 3.05) is 13.1 Å². The molecule has 1 saturated heterocycles. The van der Waals surface area contributed by atoms with Crippen molar-refractivity contribution in [2.45, 2.75) is 44.8 Å². The number of aliphatic carboxylic acids is 1. The van der Waals surface area contributed by atoms with Crippen molar-refractivity contribution < 1.29 is 27.9 Å². The molecule has 1 aliphatic heterocycles. The Morgan fingerprint density at radius 2 is 2.00 bits per heavy atom. The summed E-state index contributed by atoms with van der Waals surface area (Å²) in [6, 6.07) is -0.625. The van der Waals surface area contributed by atoms with Crippen LogP contribution < -0.4 is 5.32 Å². The highest BCUT2D eigenvalue weighted by Gasteiger charge is 2.64. The van der Waals surface area contributed by atoms with Crippen molar-refractivity contribution >= 4 is 12.0 Å². The Labute approximate surface area is 120 Å². The quantitative estimate of drug-likeness (QED) is 0.822. The van der Waals surface area contributed by atoms with Crippen molar-refractivity contribution in [3.8, 4) is 0 Å². The van der Waals surface area contributed by atoms with Crippen molar-refractivity contribution in [1.29, 1.82) is 0 Å². The van der Waals surface area contributed by atoms with Gasteiger partial charge in [-0.05, 0) is 31.6 Å². The van der Waals surface area contributed by atoms with E-state index >= 15 is 0 Å². The average Bonchev–Trinajstić information content (AvgIpc) is 2.95. The molecule has 3 atom stereocenters. The number of rotatable bonds is 2. The Kier molecular flexibility index (Phi) is 4.08. The zero-order valence-corrected chi connectivity index (χ0v) is 11.7. The summed E-state index contributed by atoms with van der Waals surface area (Å²) in [5.74, 6) is -1.43. The van der Waals surface area contributed by atoms with Crippen LogP contribution in [0.25, 0.3) is 0 Å². The summed E-state index contributed by atoms with van der Waals surface area (Å²) in [5.41, 5.74) is -2.84. The maximum Gasteiger partial charge on any atom is 0.406 e. The molecular weight excluding hydrogens is 289 g/mol. The minimum Gasteiger partial charge on any atom is -0.481 e. The van der Waals surface area contributed by atoms with Gasteiger partial charge < -0.3 is 15.3 Å². The van der Waals surface area contributed by atoms with Gasteiger partial charge in [-0.25, -0.2) is 4.79 Å². The van der Waals surface area contributed by atoms with E-state index in [0.717, 1.165) is 24.2 Å². The van der Waals surface area contributed by atoms with Gasteiger partial charge in [-0.3, -0.25) is 4.79 Å². The number of carboxylic acids is 1. The first-order valence-electron chi connectivity index (χ1n) is 7.01. The number of halogens is 3. The van der Waals surface area contributed by atoms with Gasteiger partial charge in [0.1, 0.15) is 0 Å². The molecule has 2 aliphatic rings. The summed E-state index contributed by atoms with van der Waals surface area (Å²) < 4.78 is 39.1. The van der Waals surface area contributed by atoms with Gasteiger partial charge in [-0.1, -0.05) is 6.92 Å². The molecule has 0 bridgehead atoms.